The number of rotatable bonds is 1. The lowest BCUT2D eigenvalue weighted by atomic mass is 9.99. The molecule has 0 amide bonds. The molecule has 0 saturated heterocycles. The zero-order valence-corrected chi connectivity index (χ0v) is 10.0. The predicted molar refractivity (Wildman–Crippen MR) is 60.7 cm³/mol. The Morgan fingerprint density at radius 3 is 2.42 bits per heavy atom. The first-order chi connectivity index (χ1) is 8.80. The van der Waals surface area contributed by atoms with Gasteiger partial charge in [-0.1, -0.05) is 18.2 Å². The summed E-state index contributed by atoms with van der Waals surface area (Å²) in [6.07, 6.45) is 1.47. The zero-order valence-electron chi connectivity index (χ0n) is 9.19. The highest BCUT2D eigenvalue weighted by Crippen LogP contribution is 2.39. The molecule has 4 aliphatic rings. The van der Waals surface area contributed by atoms with Crippen LogP contribution < -0.4 is 0 Å². The van der Waals surface area contributed by atoms with Crippen molar-refractivity contribution in [1.29, 1.82) is 0 Å². The molecular formula is C12H5F3NO2S. The van der Waals surface area contributed by atoms with Gasteiger partial charge in [0.05, 0.1) is 10.6 Å². The van der Waals surface area contributed by atoms with E-state index in [4.69, 9.17) is 0 Å². The maximum atomic E-state index is 12.7. The molecule has 3 nitrogen and oxygen atoms in total. The predicted octanol–water partition coefficient (Wildman–Crippen LogP) is 2.82. The van der Waals surface area contributed by atoms with Crippen LogP contribution in [0.5, 0.6) is 0 Å². The molecule has 0 fully saturated rings. The Balaban J connectivity index is 2.37. The van der Waals surface area contributed by atoms with Crippen LogP contribution in [0.15, 0.2) is 35.4 Å². The summed E-state index contributed by atoms with van der Waals surface area (Å²) in [5.41, 5.74) is -4.48. The number of hydrogen-bond acceptors (Lipinski definition) is 3. The summed E-state index contributed by atoms with van der Waals surface area (Å²) in [6, 6.07) is 8.32. The van der Waals surface area contributed by atoms with Crippen LogP contribution in [0.3, 0.4) is 0 Å². The van der Waals surface area contributed by atoms with Crippen LogP contribution >= 0.6 is 0 Å². The number of aromatic nitrogens is 1. The van der Waals surface area contributed by atoms with Gasteiger partial charge in [0.2, 0.25) is 0 Å². The average Bonchev–Trinajstić information content (AvgIpc) is 2.32. The summed E-state index contributed by atoms with van der Waals surface area (Å²) in [4.78, 5) is 3.08. The first-order valence-corrected chi connectivity index (χ1v) is 6.63. The van der Waals surface area contributed by atoms with Crippen LogP contribution in [0.2, 0.25) is 0 Å². The minimum atomic E-state index is -5.44. The van der Waals surface area contributed by atoms with Gasteiger partial charge >= 0.3 is 5.51 Å². The molecule has 2 aliphatic heterocycles. The first-order valence-electron chi connectivity index (χ1n) is 5.15. The Morgan fingerprint density at radius 2 is 1.84 bits per heavy atom. The van der Waals surface area contributed by atoms with E-state index in [1.807, 2.05) is 0 Å². The molecule has 19 heavy (non-hydrogen) atoms. The minimum Gasteiger partial charge on any atom is -0.256 e. The van der Waals surface area contributed by atoms with E-state index < -0.39 is 20.2 Å². The summed E-state index contributed by atoms with van der Waals surface area (Å²) >= 11 is 0. The third-order valence-electron chi connectivity index (χ3n) is 2.83. The van der Waals surface area contributed by atoms with Crippen molar-refractivity contribution in [1.82, 2.24) is 4.98 Å². The number of nitrogens with zero attached hydrogens (tertiary/aromatic N) is 1. The summed E-state index contributed by atoms with van der Waals surface area (Å²) in [7, 11) is -5.44. The molecule has 2 aliphatic carbocycles. The van der Waals surface area contributed by atoms with Crippen molar-refractivity contribution in [2.75, 3.05) is 0 Å². The molecule has 0 spiro atoms. The minimum absolute atomic E-state index is 0.0904. The molecule has 7 heteroatoms. The Labute approximate surface area is 106 Å². The third-order valence-corrected chi connectivity index (χ3v) is 4.30. The van der Waals surface area contributed by atoms with Crippen molar-refractivity contribution >= 4 is 9.84 Å². The van der Waals surface area contributed by atoms with Crippen LogP contribution in [0.1, 0.15) is 0 Å². The topological polar surface area (TPSA) is 47.0 Å². The van der Waals surface area contributed by atoms with Gasteiger partial charge in [-0.2, -0.15) is 13.2 Å². The maximum absolute atomic E-state index is 12.7. The summed E-state index contributed by atoms with van der Waals surface area (Å²) in [5.74, 6) is 0. The average molecular weight is 284 g/mol. The van der Waals surface area contributed by atoms with Gasteiger partial charge in [0.15, 0.2) is 0 Å². The van der Waals surface area contributed by atoms with E-state index in [9.17, 15) is 21.6 Å². The molecule has 4 bridgehead atoms. The fourth-order valence-electron chi connectivity index (χ4n) is 1.88. The van der Waals surface area contributed by atoms with Gasteiger partial charge in [-0.25, -0.2) is 8.42 Å². The quantitative estimate of drug-likeness (QED) is 0.690. The van der Waals surface area contributed by atoms with Crippen molar-refractivity contribution in [3.05, 3.63) is 36.5 Å². The molecule has 6 rings (SSSR count). The van der Waals surface area contributed by atoms with Crippen molar-refractivity contribution < 1.29 is 21.6 Å². The SMILES string of the molecule is O=S(=O)(c1[c]c2ccc1-c1ccc-2cn1)C(F)(F)F. The Morgan fingerprint density at radius 1 is 1.11 bits per heavy atom. The Bertz CT molecular complexity index is 765. The molecule has 3 heterocycles. The lowest BCUT2D eigenvalue weighted by molar-refractivity contribution is -0.0435. The van der Waals surface area contributed by atoms with Crippen LogP contribution in [0.25, 0.3) is 22.4 Å². The smallest absolute Gasteiger partial charge is 0.256 e. The second kappa shape index (κ2) is 3.57. The van der Waals surface area contributed by atoms with E-state index in [1.165, 1.54) is 24.4 Å². The second-order valence-electron chi connectivity index (χ2n) is 4.00. The van der Waals surface area contributed by atoms with Gasteiger partial charge in [0.25, 0.3) is 9.84 Å². The van der Waals surface area contributed by atoms with Crippen LogP contribution in [-0.2, 0) is 9.84 Å². The van der Waals surface area contributed by atoms with Gasteiger partial charge in [0.1, 0.15) is 0 Å². The molecule has 0 atom stereocenters. The molecule has 97 valence electrons. The summed E-state index contributed by atoms with van der Waals surface area (Å²) in [6.45, 7) is 0. The van der Waals surface area contributed by atoms with E-state index >= 15 is 0 Å². The second-order valence-corrected chi connectivity index (χ2v) is 5.87. The molecule has 0 N–H and O–H groups in total. The van der Waals surface area contributed by atoms with Crippen molar-refractivity contribution in [2.45, 2.75) is 10.4 Å². The van der Waals surface area contributed by atoms with Crippen LogP contribution in [-0.4, -0.2) is 18.9 Å². The summed E-state index contributed by atoms with van der Waals surface area (Å²) in [5, 5.41) is 0. The Hall–Kier alpha value is -1.89. The molecular weight excluding hydrogens is 279 g/mol. The normalized spacial score (nSPS) is 13.4. The Kier molecular flexibility index (Phi) is 2.28. The lowest BCUT2D eigenvalue weighted by Gasteiger charge is -2.16. The zero-order chi connectivity index (χ0) is 13.8. The third kappa shape index (κ3) is 1.65. The molecule has 0 saturated carbocycles. The largest absolute Gasteiger partial charge is 0.501 e. The van der Waals surface area contributed by atoms with Crippen molar-refractivity contribution in [2.24, 2.45) is 0 Å². The maximum Gasteiger partial charge on any atom is 0.501 e. The number of pyridine rings is 1. The van der Waals surface area contributed by atoms with Crippen LogP contribution in [0, 0.1) is 6.07 Å². The molecule has 1 radical (unpaired) electrons. The highest BCUT2D eigenvalue weighted by molar-refractivity contribution is 7.92. The summed E-state index contributed by atoms with van der Waals surface area (Å²) < 4.78 is 61.0. The molecule has 1 aromatic heterocycles. The first kappa shape index (κ1) is 12.2. The van der Waals surface area contributed by atoms with Crippen molar-refractivity contribution in [3.63, 3.8) is 0 Å². The molecule has 0 unspecified atom stereocenters. The van der Waals surface area contributed by atoms with E-state index in [-0.39, 0.29) is 16.8 Å². The van der Waals surface area contributed by atoms with Gasteiger partial charge < -0.3 is 0 Å². The van der Waals surface area contributed by atoms with E-state index in [2.05, 4.69) is 11.1 Å². The lowest BCUT2D eigenvalue weighted by Crippen LogP contribution is -2.24. The van der Waals surface area contributed by atoms with E-state index in [1.54, 1.807) is 6.07 Å². The number of benzene rings is 1. The van der Waals surface area contributed by atoms with Crippen molar-refractivity contribution in [3.8, 4) is 22.4 Å². The highest BCUT2D eigenvalue weighted by atomic mass is 32.2. The van der Waals surface area contributed by atoms with Gasteiger partial charge in [-0.15, -0.1) is 0 Å². The fourth-order valence-corrected chi connectivity index (χ4v) is 2.82. The van der Waals surface area contributed by atoms with E-state index in [0.29, 0.717) is 5.56 Å². The fraction of sp³-hybridized carbons (Fsp3) is 0.0833. The van der Waals surface area contributed by atoms with E-state index in [0.717, 1.165) is 0 Å². The highest BCUT2D eigenvalue weighted by Gasteiger charge is 2.48. The number of alkyl halides is 3. The van der Waals surface area contributed by atoms with Gasteiger partial charge in [0, 0.05) is 23.4 Å². The van der Waals surface area contributed by atoms with Gasteiger partial charge in [-0.05, 0) is 11.6 Å². The number of sulfone groups is 1. The monoisotopic (exact) mass is 284 g/mol. The molecule has 1 aromatic carbocycles. The number of halogens is 3. The number of hydrogen-bond donors (Lipinski definition) is 0. The van der Waals surface area contributed by atoms with Crippen LogP contribution in [0.4, 0.5) is 13.2 Å². The molecule has 2 aromatic rings. The van der Waals surface area contributed by atoms with Gasteiger partial charge in [-0.3, -0.25) is 4.98 Å². The standard InChI is InChI=1S/C12H5F3NO2S/c13-12(14,15)19(17,18)11-5-7-1-3-9(11)10-4-2-8(7)6-16-10/h1-4,6H.